The summed E-state index contributed by atoms with van der Waals surface area (Å²) in [4.78, 5) is 4.48. The number of halogens is 2. The lowest BCUT2D eigenvalue weighted by Gasteiger charge is -2.10. The van der Waals surface area contributed by atoms with Crippen LogP contribution in [0.25, 0.3) is 11.0 Å². The first-order valence-electron chi connectivity index (χ1n) is 7.96. The van der Waals surface area contributed by atoms with Crippen molar-refractivity contribution in [2.75, 3.05) is 0 Å². The van der Waals surface area contributed by atoms with Crippen LogP contribution in [0.3, 0.4) is 0 Å². The molecular weight excluding hydrogens is 308 g/mol. The highest BCUT2D eigenvalue weighted by Crippen LogP contribution is 2.23. The first kappa shape index (κ1) is 16.1. The Kier molecular flexibility index (Phi) is 4.57. The second-order valence-corrected chi connectivity index (χ2v) is 5.74. The highest BCUT2D eigenvalue weighted by molar-refractivity contribution is 5.76. The van der Waals surface area contributed by atoms with Gasteiger partial charge in [0.2, 0.25) is 0 Å². The molecule has 0 saturated carbocycles. The van der Waals surface area contributed by atoms with Crippen LogP contribution in [0.15, 0.2) is 36.4 Å². The Morgan fingerprint density at radius 1 is 1.17 bits per heavy atom. The normalized spacial score (nSPS) is 10.9. The number of unbranched alkanes of at least 4 members (excludes halogenated alkanes) is 1. The Labute approximate surface area is 139 Å². The van der Waals surface area contributed by atoms with Crippen LogP contribution in [0.1, 0.15) is 36.7 Å². The van der Waals surface area contributed by atoms with Crippen molar-refractivity contribution >= 4 is 11.0 Å². The molecule has 24 heavy (non-hydrogen) atoms. The van der Waals surface area contributed by atoms with E-state index in [-0.39, 0.29) is 0 Å². The molecule has 3 rings (SSSR count). The molecule has 1 heterocycles. The first-order valence-corrected chi connectivity index (χ1v) is 7.96. The van der Waals surface area contributed by atoms with Gasteiger partial charge in [-0.1, -0.05) is 31.5 Å². The largest absolute Gasteiger partial charge is 0.323 e. The van der Waals surface area contributed by atoms with Crippen molar-refractivity contribution in [1.29, 1.82) is 5.26 Å². The Bertz CT molecular complexity index is 922. The van der Waals surface area contributed by atoms with Gasteiger partial charge >= 0.3 is 0 Å². The maximum atomic E-state index is 13.7. The molecule has 0 spiro atoms. The van der Waals surface area contributed by atoms with Crippen LogP contribution in [0.2, 0.25) is 0 Å². The summed E-state index contributed by atoms with van der Waals surface area (Å²) in [6, 6.07) is 11.8. The molecule has 0 unspecified atom stereocenters. The molecule has 0 aliphatic carbocycles. The summed E-state index contributed by atoms with van der Waals surface area (Å²) in [5.74, 6) is -1.00. The Morgan fingerprint density at radius 2 is 1.92 bits per heavy atom. The maximum Gasteiger partial charge on any atom is 0.161 e. The van der Waals surface area contributed by atoms with E-state index < -0.39 is 11.6 Å². The fraction of sp³-hybridized carbons (Fsp3) is 0.263. The molecular formula is C19H17F2N3. The second kappa shape index (κ2) is 6.79. The summed E-state index contributed by atoms with van der Waals surface area (Å²) in [6.45, 7) is 2.49. The van der Waals surface area contributed by atoms with Gasteiger partial charge in [0, 0.05) is 18.6 Å². The Balaban J connectivity index is 2.13. The Morgan fingerprint density at radius 3 is 2.67 bits per heavy atom. The van der Waals surface area contributed by atoms with Crippen molar-refractivity contribution in [1.82, 2.24) is 9.55 Å². The molecule has 0 aliphatic heterocycles. The molecule has 3 nitrogen and oxygen atoms in total. The monoisotopic (exact) mass is 325 g/mol. The summed E-state index contributed by atoms with van der Waals surface area (Å²) in [5, 5.41) is 9.27. The van der Waals surface area contributed by atoms with Crippen LogP contribution in [0.4, 0.5) is 8.78 Å². The van der Waals surface area contributed by atoms with Crippen molar-refractivity contribution in [2.24, 2.45) is 0 Å². The van der Waals surface area contributed by atoms with Crippen molar-refractivity contribution in [2.45, 2.75) is 32.7 Å². The molecule has 0 amide bonds. The van der Waals surface area contributed by atoms with Gasteiger partial charge in [-0.3, -0.25) is 0 Å². The summed E-state index contributed by atoms with van der Waals surface area (Å²) in [7, 11) is 0. The first-order chi connectivity index (χ1) is 11.6. The summed E-state index contributed by atoms with van der Waals surface area (Å²) in [6.07, 6.45) is 2.66. The molecule has 2 aromatic carbocycles. The third-order valence-corrected chi connectivity index (χ3v) is 4.09. The van der Waals surface area contributed by atoms with Crippen LogP contribution in [-0.4, -0.2) is 9.55 Å². The van der Waals surface area contributed by atoms with Crippen LogP contribution in [0, 0.1) is 23.0 Å². The number of benzene rings is 2. The molecule has 122 valence electrons. The standard InChI is InChI=1S/C19H17F2N3/c1-2-3-8-19-23-17-9-15(20)16(21)10-18(17)24(19)12-14-7-5-4-6-13(14)11-22/h4-7,9-10H,2-3,8,12H2,1H3. The molecule has 1 aromatic heterocycles. The van der Waals surface area contributed by atoms with Gasteiger partial charge in [-0.05, 0) is 18.1 Å². The zero-order chi connectivity index (χ0) is 17.1. The highest BCUT2D eigenvalue weighted by atomic mass is 19.2. The lowest BCUT2D eigenvalue weighted by molar-refractivity contribution is 0.510. The van der Waals surface area contributed by atoms with Gasteiger partial charge in [0.1, 0.15) is 5.82 Å². The van der Waals surface area contributed by atoms with Gasteiger partial charge < -0.3 is 4.57 Å². The van der Waals surface area contributed by atoms with E-state index in [9.17, 15) is 14.0 Å². The average molecular weight is 325 g/mol. The fourth-order valence-electron chi connectivity index (χ4n) is 2.81. The number of hydrogen-bond donors (Lipinski definition) is 0. The van der Waals surface area contributed by atoms with E-state index in [2.05, 4.69) is 18.0 Å². The molecule has 0 bridgehead atoms. The minimum Gasteiger partial charge on any atom is -0.323 e. The summed E-state index contributed by atoms with van der Waals surface area (Å²) < 4.78 is 29.1. The third-order valence-electron chi connectivity index (χ3n) is 4.09. The zero-order valence-corrected chi connectivity index (χ0v) is 13.4. The minimum absolute atomic E-state index is 0.407. The maximum absolute atomic E-state index is 13.7. The minimum atomic E-state index is -0.897. The molecule has 0 atom stereocenters. The van der Waals surface area contributed by atoms with Crippen molar-refractivity contribution in [3.05, 3.63) is 65.0 Å². The predicted molar refractivity (Wildman–Crippen MR) is 88.5 cm³/mol. The van der Waals surface area contributed by atoms with Gasteiger partial charge in [0.05, 0.1) is 29.2 Å². The number of hydrogen-bond acceptors (Lipinski definition) is 2. The van der Waals surface area contributed by atoms with Gasteiger partial charge in [-0.2, -0.15) is 5.26 Å². The van der Waals surface area contributed by atoms with E-state index in [0.29, 0.717) is 23.1 Å². The fourth-order valence-corrected chi connectivity index (χ4v) is 2.81. The number of aryl methyl sites for hydroxylation is 1. The third kappa shape index (κ3) is 3.00. The SMILES string of the molecule is CCCCc1nc2cc(F)c(F)cc2n1Cc1ccccc1C#N. The quantitative estimate of drug-likeness (QED) is 0.689. The van der Waals surface area contributed by atoms with Gasteiger partial charge in [0.25, 0.3) is 0 Å². The van der Waals surface area contributed by atoms with Crippen molar-refractivity contribution < 1.29 is 8.78 Å². The predicted octanol–water partition coefficient (Wildman–Crippen LogP) is 4.58. The van der Waals surface area contributed by atoms with E-state index in [0.717, 1.165) is 36.7 Å². The average Bonchev–Trinajstić information content (AvgIpc) is 2.91. The van der Waals surface area contributed by atoms with Gasteiger partial charge in [-0.25, -0.2) is 13.8 Å². The summed E-state index contributed by atoms with van der Waals surface area (Å²) in [5.41, 5.74) is 2.40. The van der Waals surface area contributed by atoms with Gasteiger partial charge in [0.15, 0.2) is 11.6 Å². The number of rotatable bonds is 5. The number of fused-ring (bicyclic) bond motifs is 1. The number of nitriles is 1. The van der Waals surface area contributed by atoms with Crippen molar-refractivity contribution in [3.8, 4) is 6.07 Å². The number of imidazole rings is 1. The lowest BCUT2D eigenvalue weighted by atomic mass is 10.1. The molecule has 0 N–H and O–H groups in total. The number of nitrogens with zero attached hydrogens (tertiary/aromatic N) is 3. The topological polar surface area (TPSA) is 41.6 Å². The van der Waals surface area contributed by atoms with Crippen LogP contribution in [-0.2, 0) is 13.0 Å². The molecule has 3 aromatic rings. The lowest BCUT2D eigenvalue weighted by Crippen LogP contribution is -2.07. The smallest absolute Gasteiger partial charge is 0.161 e. The summed E-state index contributed by atoms with van der Waals surface area (Å²) >= 11 is 0. The molecule has 5 heteroatoms. The number of aromatic nitrogens is 2. The van der Waals surface area contributed by atoms with E-state index in [1.54, 1.807) is 12.1 Å². The second-order valence-electron chi connectivity index (χ2n) is 5.74. The molecule has 0 fully saturated rings. The van der Waals surface area contributed by atoms with E-state index in [1.807, 2.05) is 16.7 Å². The van der Waals surface area contributed by atoms with E-state index in [4.69, 9.17) is 0 Å². The van der Waals surface area contributed by atoms with Crippen LogP contribution >= 0.6 is 0 Å². The van der Waals surface area contributed by atoms with Crippen LogP contribution < -0.4 is 0 Å². The zero-order valence-electron chi connectivity index (χ0n) is 13.4. The highest BCUT2D eigenvalue weighted by Gasteiger charge is 2.15. The van der Waals surface area contributed by atoms with Crippen molar-refractivity contribution in [3.63, 3.8) is 0 Å². The molecule has 0 aliphatic rings. The Hall–Kier alpha value is -2.74. The van der Waals surface area contributed by atoms with Crippen LogP contribution in [0.5, 0.6) is 0 Å². The molecule has 0 saturated heterocycles. The van der Waals surface area contributed by atoms with E-state index >= 15 is 0 Å². The van der Waals surface area contributed by atoms with Gasteiger partial charge in [-0.15, -0.1) is 0 Å². The molecule has 0 radical (unpaired) electrons. The van der Waals surface area contributed by atoms with E-state index in [1.165, 1.54) is 6.07 Å².